The van der Waals surface area contributed by atoms with E-state index >= 15 is 0 Å². The number of ether oxygens (including phenoxy) is 1. The van der Waals surface area contributed by atoms with Crippen LogP contribution in [0.3, 0.4) is 0 Å². The molecule has 2 aromatic carbocycles. The number of carbonyl (C=O) groups is 4. The van der Waals surface area contributed by atoms with Gasteiger partial charge in [0, 0.05) is 62.8 Å². The van der Waals surface area contributed by atoms with E-state index in [1.165, 1.54) is 34.1 Å². The van der Waals surface area contributed by atoms with Gasteiger partial charge in [0.25, 0.3) is 11.8 Å². The van der Waals surface area contributed by atoms with Crippen LogP contribution < -0.4 is 10.2 Å². The van der Waals surface area contributed by atoms with E-state index in [1.807, 2.05) is 18.2 Å². The van der Waals surface area contributed by atoms with Crippen LogP contribution in [0.25, 0.3) is 11.1 Å². The molecule has 6 rings (SSSR count). The van der Waals surface area contributed by atoms with Crippen molar-refractivity contribution in [3.63, 3.8) is 0 Å². The van der Waals surface area contributed by atoms with E-state index in [1.54, 1.807) is 44.6 Å². The number of benzene rings is 2. The second-order valence-electron chi connectivity index (χ2n) is 12.0. The lowest BCUT2D eigenvalue weighted by atomic mass is 9.88. The first-order chi connectivity index (χ1) is 22.5. The zero-order valence-corrected chi connectivity index (χ0v) is 27.1. The minimum absolute atomic E-state index is 0.0126. The van der Waals surface area contributed by atoms with Gasteiger partial charge in [-0.05, 0) is 66.6 Å². The lowest BCUT2D eigenvalue weighted by Crippen LogP contribution is -2.49. The monoisotopic (exact) mass is 676 g/mol. The topological polar surface area (TPSA) is 109 Å². The molecule has 12 heteroatoms. The molecule has 242 valence electrons. The minimum Gasteiger partial charge on any atom is -0.459 e. The Labute approximate surface area is 281 Å². The van der Waals surface area contributed by atoms with Gasteiger partial charge >= 0.3 is 5.97 Å². The first-order valence-corrected chi connectivity index (χ1v) is 15.9. The molecule has 1 saturated carbocycles. The number of nitrogens with zero attached hydrogens (tertiary/aromatic N) is 3. The van der Waals surface area contributed by atoms with Gasteiger partial charge in [-0.2, -0.15) is 0 Å². The molecule has 0 saturated heterocycles. The molecule has 1 aliphatic heterocycles. The Morgan fingerprint density at radius 3 is 2.49 bits per heavy atom. The molecule has 1 unspecified atom stereocenters. The standard InChI is InChI=1S/C35H31Cl2FN4O5/c1-19-33(44)41(2)31-15-22(21-7-9-39-10-8-21)3-5-28(31)34(45)42(19)18-20-11-24(13-25(38)12-20)32(43)40-26-16-27(17-26)47-35(46)23-4-6-29(36)30(37)14-23/h3-11,13-15,19-20,26-27H,12,16-18H2,1-2H3,(H,40,43)/t19-,20?,26?,27?/m1/s1. The van der Waals surface area contributed by atoms with Crippen LogP contribution in [0.5, 0.6) is 0 Å². The summed E-state index contributed by atoms with van der Waals surface area (Å²) in [7, 11) is 1.63. The summed E-state index contributed by atoms with van der Waals surface area (Å²) in [6.45, 7) is 1.69. The van der Waals surface area contributed by atoms with Crippen molar-refractivity contribution in [1.82, 2.24) is 15.2 Å². The van der Waals surface area contributed by atoms with Gasteiger partial charge < -0.3 is 19.9 Å². The number of rotatable bonds is 7. The second kappa shape index (κ2) is 13.3. The SMILES string of the molecule is C[C@@H]1C(=O)N(C)c2cc(-c3ccncc3)ccc2C(=O)N1CC1C=C(C(=O)NC2CC(OC(=O)c3ccc(Cl)c(Cl)c3)C2)C=C(F)C1. The fourth-order valence-corrected chi connectivity index (χ4v) is 6.36. The number of nitrogens with one attached hydrogen (secondary N) is 1. The summed E-state index contributed by atoms with van der Waals surface area (Å²) < 4.78 is 20.4. The first-order valence-electron chi connectivity index (χ1n) is 15.2. The van der Waals surface area contributed by atoms with Gasteiger partial charge in [0.2, 0.25) is 5.91 Å². The van der Waals surface area contributed by atoms with Gasteiger partial charge in [0.15, 0.2) is 0 Å². The lowest BCUT2D eigenvalue weighted by molar-refractivity contribution is -0.122. The fraction of sp³-hybridized carbons (Fsp3) is 0.286. The van der Waals surface area contributed by atoms with Gasteiger partial charge in [0.1, 0.15) is 18.0 Å². The fourth-order valence-electron chi connectivity index (χ4n) is 6.06. The lowest BCUT2D eigenvalue weighted by Gasteiger charge is -2.35. The van der Waals surface area contributed by atoms with E-state index < -0.39 is 35.8 Å². The van der Waals surface area contributed by atoms with Crippen molar-refractivity contribution in [2.45, 2.75) is 44.4 Å². The molecule has 3 aromatic rings. The average molecular weight is 678 g/mol. The third-order valence-corrected chi connectivity index (χ3v) is 9.50. The molecule has 0 bridgehead atoms. The average Bonchev–Trinajstić information content (AvgIpc) is 3.11. The van der Waals surface area contributed by atoms with E-state index in [0.29, 0.717) is 29.1 Å². The molecular formula is C35H31Cl2FN4O5. The molecule has 3 amide bonds. The Bertz CT molecular complexity index is 1830. The van der Waals surface area contributed by atoms with Crippen LogP contribution >= 0.6 is 23.2 Å². The van der Waals surface area contributed by atoms with Crippen LogP contribution in [0.1, 0.15) is 46.9 Å². The van der Waals surface area contributed by atoms with Gasteiger partial charge in [-0.1, -0.05) is 35.3 Å². The highest BCUT2D eigenvalue weighted by Crippen LogP contribution is 2.34. The Morgan fingerprint density at radius 2 is 1.77 bits per heavy atom. The number of fused-ring (bicyclic) bond motifs is 1. The van der Waals surface area contributed by atoms with Gasteiger partial charge in [-0.25, -0.2) is 9.18 Å². The molecule has 2 heterocycles. The Morgan fingerprint density at radius 1 is 1.02 bits per heavy atom. The molecule has 2 atom stereocenters. The summed E-state index contributed by atoms with van der Waals surface area (Å²) in [4.78, 5) is 59.9. The van der Waals surface area contributed by atoms with Crippen molar-refractivity contribution in [1.29, 1.82) is 0 Å². The molecule has 9 nitrogen and oxygen atoms in total. The highest BCUT2D eigenvalue weighted by atomic mass is 35.5. The van der Waals surface area contributed by atoms with E-state index in [9.17, 15) is 23.6 Å². The van der Waals surface area contributed by atoms with E-state index in [2.05, 4.69) is 10.3 Å². The number of halogens is 3. The van der Waals surface area contributed by atoms with Crippen LogP contribution in [-0.4, -0.2) is 65.4 Å². The Hall–Kier alpha value is -4.54. The quantitative estimate of drug-likeness (QED) is 0.300. The Kier molecular flexibility index (Phi) is 9.16. The molecule has 47 heavy (non-hydrogen) atoms. The summed E-state index contributed by atoms with van der Waals surface area (Å²) in [6, 6.07) is 12.4. The van der Waals surface area contributed by atoms with Crippen LogP contribution in [0, 0.1) is 5.92 Å². The predicted molar refractivity (Wildman–Crippen MR) is 176 cm³/mol. The zero-order chi connectivity index (χ0) is 33.4. The van der Waals surface area contributed by atoms with E-state index in [0.717, 1.165) is 11.1 Å². The maximum atomic E-state index is 14.9. The number of hydrogen-bond acceptors (Lipinski definition) is 6. The van der Waals surface area contributed by atoms with Crippen LogP contribution in [0.15, 0.2) is 84.5 Å². The molecular weight excluding hydrogens is 646 g/mol. The first kappa shape index (κ1) is 32.4. The molecule has 0 spiro atoms. The molecule has 2 aliphatic carbocycles. The molecule has 3 aliphatic rings. The number of carbonyl (C=O) groups excluding carboxylic acids is 4. The van der Waals surface area contributed by atoms with Crippen LogP contribution in [-0.2, 0) is 14.3 Å². The maximum Gasteiger partial charge on any atom is 0.338 e. The summed E-state index contributed by atoms with van der Waals surface area (Å²) in [5.41, 5.74) is 2.98. The normalized spacial score (nSPS) is 22.4. The van der Waals surface area contributed by atoms with Crippen molar-refractivity contribution in [3.8, 4) is 11.1 Å². The van der Waals surface area contributed by atoms with Crippen molar-refractivity contribution < 1.29 is 28.3 Å². The number of amides is 3. The highest BCUT2D eigenvalue weighted by Gasteiger charge is 2.38. The molecule has 1 aromatic heterocycles. The molecule has 0 radical (unpaired) electrons. The number of likely N-dealkylation sites (N-methyl/N-ethyl adjacent to an activating group) is 1. The zero-order valence-electron chi connectivity index (χ0n) is 25.6. The van der Waals surface area contributed by atoms with Crippen molar-refractivity contribution in [3.05, 3.63) is 106 Å². The highest BCUT2D eigenvalue weighted by molar-refractivity contribution is 6.42. The number of allylic oxidation sites excluding steroid dienone is 1. The third-order valence-electron chi connectivity index (χ3n) is 8.76. The number of esters is 1. The van der Waals surface area contributed by atoms with Gasteiger partial charge in [-0.15, -0.1) is 0 Å². The summed E-state index contributed by atoms with van der Waals surface area (Å²) in [5, 5.41) is 3.44. The van der Waals surface area contributed by atoms with Crippen molar-refractivity contribution >= 4 is 52.6 Å². The summed E-state index contributed by atoms with van der Waals surface area (Å²) in [5.74, 6) is -2.67. The van der Waals surface area contributed by atoms with E-state index in [4.69, 9.17) is 27.9 Å². The third kappa shape index (κ3) is 6.80. The molecule has 1 fully saturated rings. The maximum absolute atomic E-state index is 14.9. The number of pyridine rings is 1. The Balaban J connectivity index is 1.11. The van der Waals surface area contributed by atoms with Gasteiger partial charge in [0.05, 0.1) is 26.9 Å². The van der Waals surface area contributed by atoms with E-state index in [-0.39, 0.29) is 47.0 Å². The number of anilines is 1. The van der Waals surface area contributed by atoms with Crippen molar-refractivity contribution in [2.75, 3.05) is 18.5 Å². The summed E-state index contributed by atoms with van der Waals surface area (Å²) >= 11 is 11.9. The largest absolute Gasteiger partial charge is 0.459 e. The number of aromatic nitrogens is 1. The van der Waals surface area contributed by atoms with Crippen molar-refractivity contribution in [2.24, 2.45) is 5.92 Å². The minimum atomic E-state index is -0.817. The smallest absolute Gasteiger partial charge is 0.338 e. The number of hydrogen-bond donors (Lipinski definition) is 1. The van der Waals surface area contributed by atoms with Crippen LogP contribution in [0.4, 0.5) is 10.1 Å². The summed E-state index contributed by atoms with van der Waals surface area (Å²) in [6.07, 6.45) is 6.58. The predicted octanol–water partition coefficient (Wildman–Crippen LogP) is 6.17. The second-order valence-corrected chi connectivity index (χ2v) is 12.8. The van der Waals surface area contributed by atoms with Gasteiger partial charge in [-0.3, -0.25) is 19.4 Å². The van der Waals surface area contributed by atoms with Crippen LogP contribution in [0.2, 0.25) is 10.0 Å². The molecule has 1 N–H and O–H groups in total.